The van der Waals surface area contributed by atoms with Gasteiger partial charge in [-0.2, -0.15) is 11.8 Å². The van der Waals surface area contributed by atoms with E-state index in [9.17, 15) is 14.4 Å². The van der Waals surface area contributed by atoms with Crippen LogP contribution in [0.4, 0.5) is 0 Å². The van der Waals surface area contributed by atoms with Gasteiger partial charge in [0.15, 0.2) is 0 Å². The Bertz CT molecular complexity index is 1050. The molecule has 3 atom stereocenters. The quantitative estimate of drug-likeness (QED) is 0.599. The third-order valence-electron chi connectivity index (χ3n) is 6.00. The first-order valence-electron chi connectivity index (χ1n) is 10.9. The van der Waals surface area contributed by atoms with Gasteiger partial charge < -0.3 is 15.5 Å². The molecule has 3 amide bonds. The molecule has 1 saturated heterocycles. The van der Waals surface area contributed by atoms with Crippen molar-refractivity contribution in [1.29, 1.82) is 0 Å². The molecular formula is C24H28N4O3S2. The molecule has 174 valence electrons. The molecule has 2 aliphatic heterocycles. The fourth-order valence-electron chi connectivity index (χ4n) is 4.37. The molecule has 2 aliphatic rings. The molecule has 33 heavy (non-hydrogen) atoms. The normalized spacial score (nSPS) is 21.3. The zero-order chi connectivity index (χ0) is 23.6. The van der Waals surface area contributed by atoms with E-state index in [-0.39, 0.29) is 23.1 Å². The molecule has 9 heteroatoms. The second-order valence-corrected chi connectivity index (χ2v) is 11.4. The molecule has 0 spiro atoms. The maximum absolute atomic E-state index is 13.5. The zero-order valence-corrected chi connectivity index (χ0v) is 20.5. The molecule has 1 aromatic carbocycles. The summed E-state index contributed by atoms with van der Waals surface area (Å²) in [6.07, 6.45) is 5.83. The van der Waals surface area contributed by atoms with E-state index >= 15 is 0 Å². The minimum Gasteiger partial charge on any atom is -0.350 e. The van der Waals surface area contributed by atoms with E-state index in [0.29, 0.717) is 18.5 Å². The molecule has 1 fully saturated rings. The number of amides is 3. The summed E-state index contributed by atoms with van der Waals surface area (Å²) in [5.74, 6) is 0.0795. The first-order valence-corrected chi connectivity index (χ1v) is 13.2. The van der Waals surface area contributed by atoms with Gasteiger partial charge in [0.25, 0.3) is 5.91 Å². The van der Waals surface area contributed by atoms with E-state index in [2.05, 4.69) is 15.6 Å². The standard InChI is InChI=1S/C24H28N4O3S2/c1-24(2)19(28-22(31)16-6-4-5-7-17(16)23(28)33-24)21(30)27-18(10-13-32-3)20(29)26-14-15-8-11-25-12-9-15/h4-9,11-12,18-19,23H,10,13-14H2,1-3H3,(H,26,29)(H,27,30)/t18-,19-,23+/m0/s1. The van der Waals surface area contributed by atoms with E-state index in [1.54, 1.807) is 40.8 Å². The zero-order valence-electron chi connectivity index (χ0n) is 18.9. The summed E-state index contributed by atoms with van der Waals surface area (Å²) < 4.78 is -0.491. The van der Waals surface area contributed by atoms with E-state index in [0.717, 1.165) is 16.9 Å². The maximum atomic E-state index is 13.5. The van der Waals surface area contributed by atoms with Crippen LogP contribution < -0.4 is 10.6 Å². The number of hydrogen-bond donors (Lipinski definition) is 2. The van der Waals surface area contributed by atoms with Gasteiger partial charge in [-0.1, -0.05) is 18.2 Å². The molecule has 0 saturated carbocycles. The fraction of sp³-hybridized carbons (Fsp3) is 0.417. The van der Waals surface area contributed by atoms with E-state index < -0.39 is 16.8 Å². The highest BCUT2D eigenvalue weighted by atomic mass is 32.2. The Balaban J connectivity index is 1.50. The van der Waals surface area contributed by atoms with Crippen LogP contribution in [0, 0.1) is 0 Å². The van der Waals surface area contributed by atoms with Gasteiger partial charge in [0.1, 0.15) is 17.5 Å². The number of thioether (sulfide) groups is 2. The van der Waals surface area contributed by atoms with Gasteiger partial charge in [0.05, 0.1) is 0 Å². The fourth-order valence-corrected chi connectivity index (χ4v) is 6.43. The maximum Gasteiger partial charge on any atom is 0.256 e. The van der Waals surface area contributed by atoms with Crippen molar-refractivity contribution in [2.24, 2.45) is 0 Å². The van der Waals surface area contributed by atoms with Gasteiger partial charge in [-0.3, -0.25) is 19.4 Å². The van der Waals surface area contributed by atoms with Gasteiger partial charge in [-0.25, -0.2) is 0 Å². The van der Waals surface area contributed by atoms with Gasteiger partial charge in [0.2, 0.25) is 11.8 Å². The van der Waals surface area contributed by atoms with Crippen LogP contribution in [0.25, 0.3) is 0 Å². The van der Waals surface area contributed by atoms with Crippen LogP contribution in [0.1, 0.15) is 47.1 Å². The minimum absolute atomic E-state index is 0.128. The molecule has 2 N–H and O–H groups in total. The first-order chi connectivity index (χ1) is 15.8. The van der Waals surface area contributed by atoms with Gasteiger partial charge in [0, 0.05) is 29.2 Å². The molecule has 4 rings (SSSR count). The number of nitrogens with one attached hydrogen (secondary N) is 2. The van der Waals surface area contributed by atoms with Crippen molar-refractivity contribution in [3.05, 3.63) is 65.5 Å². The number of carbonyl (C=O) groups is 3. The SMILES string of the molecule is CSCC[C@H](NC(=O)[C@@H]1N2C(=O)c3ccccc3[C@H]2SC1(C)C)C(=O)NCc1ccncc1. The van der Waals surface area contributed by atoms with E-state index in [4.69, 9.17) is 0 Å². The lowest BCUT2D eigenvalue weighted by molar-refractivity contribution is -0.132. The molecule has 2 aromatic rings. The summed E-state index contributed by atoms with van der Waals surface area (Å²) in [4.78, 5) is 45.4. The highest BCUT2D eigenvalue weighted by molar-refractivity contribution is 8.01. The van der Waals surface area contributed by atoms with Crippen molar-refractivity contribution in [1.82, 2.24) is 20.5 Å². The Hall–Kier alpha value is -2.52. The summed E-state index contributed by atoms with van der Waals surface area (Å²) in [6, 6.07) is 9.86. The average molecular weight is 485 g/mol. The van der Waals surface area contributed by atoms with Crippen LogP contribution in [0.15, 0.2) is 48.8 Å². The van der Waals surface area contributed by atoms with Crippen molar-refractivity contribution in [2.45, 2.75) is 49.0 Å². The van der Waals surface area contributed by atoms with Crippen molar-refractivity contribution in [3.8, 4) is 0 Å². The van der Waals surface area contributed by atoms with Crippen LogP contribution in [-0.4, -0.2) is 56.4 Å². The minimum atomic E-state index is -0.674. The molecule has 0 unspecified atom stereocenters. The number of pyridine rings is 1. The third-order valence-corrected chi connectivity index (χ3v) is 8.18. The Morgan fingerprint density at radius 2 is 1.94 bits per heavy atom. The number of aromatic nitrogens is 1. The van der Waals surface area contributed by atoms with E-state index in [1.807, 2.05) is 56.5 Å². The predicted octanol–water partition coefficient (Wildman–Crippen LogP) is 2.98. The summed E-state index contributed by atoms with van der Waals surface area (Å²) >= 11 is 3.24. The molecule has 0 radical (unpaired) electrons. The van der Waals surface area contributed by atoms with Crippen molar-refractivity contribution in [2.75, 3.05) is 12.0 Å². The van der Waals surface area contributed by atoms with Crippen LogP contribution in [0.5, 0.6) is 0 Å². The van der Waals surface area contributed by atoms with Gasteiger partial charge >= 0.3 is 0 Å². The number of carbonyl (C=O) groups excluding carboxylic acids is 3. The van der Waals surface area contributed by atoms with Gasteiger partial charge in [-0.05, 0) is 61.6 Å². The van der Waals surface area contributed by atoms with Crippen LogP contribution in [0.3, 0.4) is 0 Å². The topological polar surface area (TPSA) is 91.4 Å². The summed E-state index contributed by atoms with van der Waals surface area (Å²) in [6.45, 7) is 4.33. The average Bonchev–Trinajstić information content (AvgIpc) is 3.24. The molecule has 1 aromatic heterocycles. The highest BCUT2D eigenvalue weighted by Gasteiger charge is 2.57. The van der Waals surface area contributed by atoms with Gasteiger partial charge in [-0.15, -0.1) is 11.8 Å². The lowest BCUT2D eigenvalue weighted by atomic mass is 10.00. The first kappa shape index (κ1) is 23.6. The van der Waals surface area contributed by atoms with Crippen molar-refractivity contribution < 1.29 is 14.4 Å². The van der Waals surface area contributed by atoms with Crippen LogP contribution >= 0.6 is 23.5 Å². The second-order valence-electron chi connectivity index (χ2n) is 8.69. The van der Waals surface area contributed by atoms with Crippen molar-refractivity contribution >= 4 is 41.2 Å². The largest absolute Gasteiger partial charge is 0.350 e. The van der Waals surface area contributed by atoms with Crippen LogP contribution in [0.2, 0.25) is 0 Å². The lowest BCUT2D eigenvalue weighted by Crippen LogP contribution is -2.57. The Kier molecular flexibility index (Phi) is 6.99. The molecule has 7 nitrogen and oxygen atoms in total. The van der Waals surface area contributed by atoms with Crippen molar-refractivity contribution in [3.63, 3.8) is 0 Å². The monoisotopic (exact) mass is 484 g/mol. The summed E-state index contributed by atoms with van der Waals surface area (Å²) in [7, 11) is 0. The summed E-state index contributed by atoms with van der Waals surface area (Å²) in [5.41, 5.74) is 2.53. The van der Waals surface area contributed by atoms with Crippen LogP contribution in [-0.2, 0) is 16.1 Å². The molecule has 0 bridgehead atoms. The second kappa shape index (κ2) is 9.77. The number of hydrogen-bond acceptors (Lipinski definition) is 6. The Morgan fingerprint density at radius 1 is 1.21 bits per heavy atom. The molecular weight excluding hydrogens is 456 g/mol. The Labute approximate surface area is 202 Å². The van der Waals surface area contributed by atoms with E-state index in [1.165, 1.54) is 0 Å². The summed E-state index contributed by atoms with van der Waals surface area (Å²) in [5, 5.41) is 5.69. The third kappa shape index (κ3) is 4.75. The highest BCUT2D eigenvalue weighted by Crippen LogP contribution is 2.56. The number of nitrogens with zero attached hydrogens (tertiary/aromatic N) is 2. The Morgan fingerprint density at radius 3 is 2.67 bits per heavy atom. The number of fused-ring (bicyclic) bond motifs is 3. The number of benzene rings is 1. The predicted molar refractivity (Wildman–Crippen MR) is 132 cm³/mol. The molecule has 0 aliphatic carbocycles. The molecule has 3 heterocycles. The number of rotatable bonds is 8. The smallest absolute Gasteiger partial charge is 0.256 e. The lowest BCUT2D eigenvalue weighted by Gasteiger charge is -2.31.